The zero-order valence-corrected chi connectivity index (χ0v) is 9.24. The van der Waals surface area contributed by atoms with Crippen LogP contribution in [-0.4, -0.2) is 23.2 Å². The predicted molar refractivity (Wildman–Crippen MR) is 56.7 cm³/mol. The lowest BCUT2D eigenvalue weighted by atomic mass is 10.0. The summed E-state index contributed by atoms with van der Waals surface area (Å²) in [7, 11) is 0. The molecule has 0 aliphatic carbocycles. The Kier molecular flexibility index (Phi) is 4.01. The van der Waals surface area contributed by atoms with Crippen LogP contribution in [-0.2, 0) is 4.79 Å². The van der Waals surface area contributed by atoms with E-state index in [1.807, 2.05) is 0 Å². The lowest BCUT2D eigenvalue weighted by Gasteiger charge is -2.19. The van der Waals surface area contributed by atoms with Crippen LogP contribution in [0.3, 0.4) is 0 Å². The highest BCUT2D eigenvalue weighted by molar-refractivity contribution is 5.77. The summed E-state index contributed by atoms with van der Waals surface area (Å²) in [6.07, 6.45) is -0.0156. The molecule has 0 radical (unpaired) electrons. The fourth-order valence-corrected chi connectivity index (χ4v) is 1.08. The monoisotopic (exact) mass is 245 g/mol. The minimum atomic E-state index is -1.45. The second kappa shape index (κ2) is 5.09. The maximum Gasteiger partial charge on any atom is 0.323 e. The van der Waals surface area contributed by atoms with Crippen molar-refractivity contribution in [3.05, 3.63) is 29.8 Å². The van der Waals surface area contributed by atoms with E-state index in [2.05, 4.69) is 0 Å². The summed E-state index contributed by atoms with van der Waals surface area (Å²) in [4.78, 5) is 10.7. The van der Waals surface area contributed by atoms with Crippen LogP contribution in [0.5, 0.6) is 5.75 Å². The fourth-order valence-electron chi connectivity index (χ4n) is 1.08. The van der Waals surface area contributed by atoms with E-state index in [1.54, 1.807) is 0 Å². The lowest BCUT2D eigenvalue weighted by Crippen LogP contribution is -2.45. The molecule has 0 spiro atoms. The van der Waals surface area contributed by atoms with Crippen molar-refractivity contribution in [2.45, 2.75) is 18.9 Å². The first kappa shape index (κ1) is 13.4. The van der Waals surface area contributed by atoms with Gasteiger partial charge in [0.25, 0.3) is 0 Å². The molecule has 0 aliphatic rings. The van der Waals surface area contributed by atoms with E-state index >= 15 is 0 Å². The molecule has 0 aromatic heterocycles. The van der Waals surface area contributed by atoms with Crippen molar-refractivity contribution in [2.24, 2.45) is 5.73 Å². The van der Waals surface area contributed by atoms with Crippen molar-refractivity contribution in [3.8, 4) is 5.75 Å². The molecule has 6 heteroatoms. The number of halogens is 2. The molecule has 0 heterocycles. The van der Waals surface area contributed by atoms with Gasteiger partial charge in [-0.05, 0) is 19.1 Å². The zero-order valence-electron chi connectivity index (χ0n) is 9.24. The van der Waals surface area contributed by atoms with Crippen molar-refractivity contribution in [1.29, 1.82) is 0 Å². The number of carboxylic acids is 1. The van der Waals surface area contributed by atoms with Crippen molar-refractivity contribution in [2.75, 3.05) is 6.61 Å². The number of ether oxygens (including phenoxy) is 1. The molecule has 0 fully saturated rings. The molecule has 0 amide bonds. The van der Waals surface area contributed by atoms with Crippen molar-refractivity contribution < 1.29 is 23.4 Å². The smallest absolute Gasteiger partial charge is 0.323 e. The Morgan fingerprint density at radius 2 is 2.18 bits per heavy atom. The molecule has 0 saturated heterocycles. The van der Waals surface area contributed by atoms with Crippen molar-refractivity contribution >= 4 is 5.97 Å². The molecule has 1 rings (SSSR count). The fraction of sp³-hybridized carbons (Fsp3) is 0.364. The van der Waals surface area contributed by atoms with E-state index in [9.17, 15) is 13.6 Å². The van der Waals surface area contributed by atoms with Gasteiger partial charge in [-0.15, -0.1) is 0 Å². The highest BCUT2D eigenvalue weighted by Gasteiger charge is 2.27. The predicted octanol–water partition coefficient (Wildman–Crippen LogP) is 1.54. The summed E-state index contributed by atoms with van der Waals surface area (Å²) in [5.41, 5.74) is 3.99. The van der Waals surface area contributed by atoms with E-state index in [1.165, 1.54) is 19.1 Å². The number of nitrogens with two attached hydrogens (primary N) is 1. The average Bonchev–Trinajstić information content (AvgIpc) is 2.24. The van der Waals surface area contributed by atoms with Gasteiger partial charge in [0.15, 0.2) is 11.6 Å². The van der Waals surface area contributed by atoms with E-state index in [-0.39, 0.29) is 18.8 Å². The summed E-state index contributed by atoms with van der Waals surface area (Å²) >= 11 is 0. The number of hydrogen-bond donors (Lipinski definition) is 2. The molecule has 1 unspecified atom stereocenters. The minimum Gasteiger partial charge on any atom is -0.490 e. The number of rotatable bonds is 5. The SMILES string of the molecule is CC(N)(CCOc1cccc(F)c1F)C(=O)O. The third-order valence-corrected chi connectivity index (χ3v) is 2.28. The van der Waals surface area contributed by atoms with Gasteiger partial charge in [0.05, 0.1) is 6.61 Å². The first-order valence-electron chi connectivity index (χ1n) is 4.93. The van der Waals surface area contributed by atoms with Crippen LogP contribution in [0.25, 0.3) is 0 Å². The average molecular weight is 245 g/mol. The van der Waals surface area contributed by atoms with Crippen LogP contribution in [0.15, 0.2) is 18.2 Å². The third-order valence-electron chi connectivity index (χ3n) is 2.28. The molecule has 0 saturated carbocycles. The molecule has 1 aromatic carbocycles. The summed E-state index contributed by atoms with van der Waals surface area (Å²) in [6, 6.07) is 3.52. The molecule has 3 N–H and O–H groups in total. The number of aliphatic carboxylic acids is 1. The van der Waals surface area contributed by atoms with Gasteiger partial charge in [-0.3, -0.25) is 4.79 Å². The molecule has 0 aliphatic heterocycles. The summed E-state index contributed by atoms with van der Waals surface area (Å²) in [5.74, 6) is -3.55. The maximum atomic E-state index is 13.1. The molecule has 1 atom stereocenters. The molecule has 1 aromatic rings. The summed E-state index contributed by atoms with van der Waals surface area (Å²) in [6.45, 7) is 1.21. The van der Waals surface area contributed by atoms with Crippen LogP contribution in [0.2, 0.25) is 0 Å². The van der Waals surface area contributed by atoms with Crippen LogP contribution in [0.4, 0.5) is 8.78 Å². The topological polar surface area (TPSA) is 72.5 Å². The molecular weight excluding hydrogens is 232 g/mol. The highest BCUT2D eigenvalue weighted by Crippen LogP contribution is 2.19. The Labute approximate surface area is 97.0 Å². The standard InChI is InChI=1S/C11H13F2NO3/c1-11(14,10(15)16)5-6-17-8-4-2-3-7(12)9(8)13/h2-4H,5-6,14H2,1H3,(H,15,16). The van der Waals surface area contributed by atoms with Gasteiger partial charge in [-0.1, -0.05) is 6.07 Å². The van der Waals surface area contributed by atoms with Crippen molar-refractivity contribution in [3.63, 3.8) is 0 Å². The summed E-state index contributed by atoms with van der Waals surface area (Å²) < 4.78 is 30.9. The van der Waals surface area contributed by atoms with Crippen molar-refractivity contribution in [1.82, 2.24) is 0 Å². The van der Waals surface area contributed by atoms with E-state index in [0.29, 0.717) is 0 Å². The Bertz CT molecular complexity index is 421. The highest BCUT2D eigenvalue weighted by atomic mass is 19.2. The third kappa shape index (κ3) is 3.39. The molecule has 0 bridgehead atoms. The van der Waals surface area contributed by atoms with E-state index < -0.39 is 23.1 Å². The quantitative estimate of drug-likeness (QED) is 0.825. The van der Waals surface area contributed by atoms with Crippen LogP contribution in [0, 0.1) is 11.6 Å². The van der Waals surface area contributed by atoms with Gasteiger partial charge in [-0.25, -0.2) is 4.39 Å². The number of hydrogen-bond acceptors (Lipinski definition) is 3. The first-order chi connectivity index (χ1) is 7.84. The number of carbonyl (C=O) groups is 1. The van der Waals surface area contributed by atoms with Gasteiger partial charge in [0, 0.05) is 6.42 Å². The Morgan fingerprint density at radius 3 is 2.76 bits per heavy atom. The normalized spacial score (nSPS) is 14.1. The maximum absolute atomic E-state index is 13.1. The largest absolute Gasteiger partial charge is 0.490 e. The van der Waals surface area contributed by atoms with E-state index in [0.717, 1.165) is 6.07 Å². The van der Waals surface area contributed by atoms with Crippen LogP contribution < -0.4 is 10.5 Å². The van der Waals surface area contributed by atoms with Gasteiger partial charge in [-0.2, -0.15) is 4.39 Å². The Hall–Kier alpha value is -1.69. The van der Waals surface area contributed by atoms with Gasteiger partial charge in [0.2, 0.25) is 5.82 Å². The molecule has 94 valence electrons. The first-order valence-corrected chi connectivity index (χ1v) is 4.93. The number of carboxylic acid groups (broad SMARTS) is 1. The summed E-state index contributed by atoms with van der Waals surface area (Å²) in [5, 5.41) is 8.72. The number of benzene rings is 1. The van der Waals surface area contributed by atoms with Crippen LogP contribution >= 0.6 is 0 Å². The van der Waals surface area contributed by atoms with E-state index in [4.69, 9.17) is 15.6 Å². The van der Waals surface area contributed by atoms with Gasteiger partial charge < -0.3 is 15.6 Å². The second-order valence-electron chi connectivity index (χ2n) is 3.87. The molecule has 17 heavy (non-hydrogen) atoms. The zero-order chi connectivity index (χ0) is 13.1. The lowest BCUT2D eigenvalue weighted by molar-refractivity contribution is -0.143. The molecular formula is C11H13F2NO3. The minimum absolute atomic E-state index is 0.0156. The van der Waals surface area contributed by atoms with Crippen LogP contribution in [0.1, 0.15) is 13.3 Å². The molecule has 4 nitrogen and oxygen atoms in total. The second-order valence-corrected chi connectivity index (χ2v) is 3.87. The van der Waals surface area contributed by atoms with Gasteiger partial charge >= 0.3 is 5.97 Å². The Morgan fingerprint density at radius 1 is 1.53 bits per heavy atom. The Balaban J connectivity index is 2.58. The van der Waals surface area contributed by atoms with Gasteiger partial charge in [0.1, 0.15) is 5.54 Å².